The molecular weight excluding hydrogens is 350 g/mol. The van der Waals surface area contributed by atoms with Crippen LogP contribution in [0.25, 0.3) is 0 Å². The van der Waals surface area contributed by atoms with Gasteiger partial charge in [-0.1, -0.05) is 0 Å². The van der Waals surface area contributed by atoms with Crippen molar-refractivity contribution >= 4 is 5.91 Å². The number of carbonyl (C=O) groups is 1. The van der Waals surface area contributed by atoms with E-state index >= 15 is 0 Å². The van der Waals surface area contributed by atoms with Crippen LogP contribution in [0.15, 0.2) is 6.20 Å². The first-order valence-electron chi connectivity index (χ1n) is 11.4. The molecule has 2 saturated carbocycles. The van der Waals surface area contributed by atoms with Crippen LogP contribution in [0.4, 0.5) is 0 Å². The zero-order chi connectivity index (χ0) is 19.1. The Morgan fingerprint density at radius 1 is 1.11 bits per heavy atom. The summed E-state index contributed by atoms with van der Waals surface area (Å²) in [5, 5.41) is 7.75. The molecule has 0 aromatic carbocycles. The van der Waals surface area contributed by atoms with Gasteiger partial charge in [-0.3, -0.25) is 19.3 Å². The van der Waals surface area contributed by atoms with Crippen molar-refractivity contribution in [2.45, 2.75) is 75.9 Å². The van der Waals surface area contributed by atoms with Crippen LogP contribution in [0.2, 0.25) is 0 Å². The number of hydrogen-bond donors (Lipinski definition) is 1. The van der Waals surface area contributed by atoms with Gasteiger partial charge in [0.25, 0.3) is 0 Å². The third-order valence-corrected chi connectivity index (χ3v) is 7.24. The maximum absolute atomic E-state index is 12.5. The molecule has 6 nitrogen and oxygen atoms in total. The van der Waals surface area contributed by atoms with Gasteiger partial charge in [-0.05, 0) is 71.0 Å². The molecule has 2 aliphatic carbocycles. The van der Waals surface area contributed by atoms with Gasteiger partial charge >= 0.3 is 0 Å². The fraction of sp³-hybridized carbons (Fsp3) is 0.818. The molecule has 0 radical (unpaired) electrons. The van der Waals surface area contributed by atoms with Gasteiger partial charge in [0.1, 0.15) is 0 Å². The van der Waals surface area contributed by atoms with Crippen LogP contribution >= 0.6 is 0 Å². The number of nitrogens with one attached hydrogen (secondary N) is 1. The van der Waals surface area contributed by atoms with E-state index in [4.69, 9.17) is 0 Å². The van der Waals surface area contributed by atoms with E-state index in [1.807, 2.05) is 0 Å². The zero-order valence-corrected chi connectivity index (χ0v) is 17.3. The summed E-state index contributed by atoms with van der Waals surface area (Å²) in [7, 11) is 2.09. The van der Waals surface area contributed by atoms with Crippen LogP contribution < -0.4 is 5.32 Å². The molecule has 2 saturated heterocycles. The summed E-state index contributed by atoms with van der Waals surface area (Å²) in [5.74, 6) is 1.28. The average molecular weight is 386 g/mol. The summed E-state index contributed by atoms with van der Waals surface area (Å²) in [6, 6.07) is 1.14. The number of hydrogen-bond acceptors (Lipinski definition) is 4. The van der Waals surface area contributed by atoms with E-state index in [1.165, 1.54) is 75.8 Å². The molecule has 1 atom stereocenters. The van der Waals surface area contributed by atoms with E-state index in [9.17, 15) is 4.79 Å². The topological polar surface area (TPSA) is 53.4 Å². The van der Waals surface area contributed by atoms with Crippen LogP contribution in [0, 0.1) is 5.92 Å². The summed E-state index contributed by atoms with van der Waals surface area (Å²) < 4.78 is 2.10. The molecule has 1 aromatic rings. The predicted molar refractivity (Wildman–Crippen MR) is 109 cm³/mol. The Morgan fingerprint density at radius 2 is 1.89 bits per heavy atom. The maximum Gasteiger partial charge on any atom is 0.224 e. The molecule has 1 N–H and O–H groups in total. The first-order valence-corrected chi connectivity index (χ1v) is 11.4. The molecule has 4 fully saturated rings. The Hall–Kier alpha value is -1.40. The Labute approximate surface area is 168 Å². The Balaban J connectivity index is 1.12. The largest absolute Gasteiger partial charge is 0.353 e. The van der Waals surface area contributed by atoms with E-state index in [0.29, 0.717) is 18.0 Å². The van der Waals surface area contributed by atoms with E-state index in [1.54, 1.807) is 0 Å². The number of carbonyl (C=O) groups excluding carboxylic acids is 1. The molecule has 28 heavy (non-hydrogen) atoms. The lowest BCUT2D eigenvalue weighted by molar-refractivity contribution is -0.127. The van der Waals surface area contributed by atoms with Crippen LogP contribution in [0.5, 0.6) is 0 Å². The van der Waals surface area contributed by atoms with Gasteiger partial charge in [-0.15, -0.1) is 0 Å². The molecule has 1 aromatic heterocycles. The molecule has 4 aliphatic rings. The standard InChI is InChI=1S/C22H35N5O/c1-25-21(16-4-5-16)18(13-23-25)14-26-11-8-20(9-12-26)27-10-2-3-17(15-27)22(28)24-19-6-7-19/h13,16-17,19-20H,2-12,14-15H2,1H3,(H,24,28)/t17-/m0/s1. The van der Waals surface area contributed by atoms with Gasteiger partial charge < -0.3 is 5.32 Å². The number of nitrogens with zero attached hydrogens (tertiary/aromatic N) is 4. The highest BCUT2D eigenvalue weighted by Gasteiger charge is 2.34. The maximum atomic E-state index is 12.5. The van der Waals surface area contributed by atoms with E-state index < -0.39 is 0 Å². The highest BCUT2D eigenvalue weighted by molar-refractivity contribution is 5.79. The first kappa shape index (κ1) is 18.6. The zero-order valence-electron chi connectivity index (χ0n) is 17.3. The average Bonchev–Trinajstić information content (AvgIpc) is 3.64. The minimum Gasteiger partial charge on any atom is -0.353 e. The van der Waals surface area contributed by atoms with Crippen molar-refractivity contribution in [2.24, 2.45) is 13.0 Å². The Kier molecular flexibility index (Phi) is 5.18. The number of aryl methyl sites for hydroxylation is 1. The van der Waals surface area contributed by atoms with Crippen molar-refractivity contribution in [2.75, 3.05) is 26.2 Å². The number of rotatable bonds is 6. The third kappa shape index (κ3) is 4.13. The molecular formula is C22H35N5O. The van der Waals surface area contributed by atoms with Crippen LogP contribution in [0.3, 0.4) is 0 Å². The lowest BCUT2D eigenvalue weighted by Gasteiger charge is -2.42. The molecule has 5 rings (SSSR count). The summed E-state index contributed by atoms with van der Waals surface area (Å²) >= 11 is 0. The summed E-state index contributed by atoms with van der Waals surface area (Å²) in [6.07, 6.45) is 11.8. The fourth-order valence-electron chi connectivity index (χ4n) is 5.28. The van der Waals surface area contributed by atoms with Gasteiger partial charge in [-0.2, -0.15) is 5.10 Å². The number of amides is 1. The molecule has 2 aliphatic heterocycles. The number of piperidine rings is 2. The van der Waals surface area contributed by atoms with Crippen molar-refractivity contribution < 1.29 is 4.79 Å². The van der Waals surface area contributed by atoms with E-state index in [0.717, 1.165) is 25.4 Å². The lowest BCUT2D eigenvalue weighted by atomic mass is 9.93. The molecule has 154 valence electrons. The van der Waals surface area contributed by atoms with Crippen molar-refractivity contribution in [1.29, 1.82) is 0 Å². The molecule has 0 bridgehead atoms. The molecule has 1 amide bonds. The van der Waals surface area contributed by atoms with Gasteiger partial charge in [0, 0.05) is 49.4 Å². The molecule has 6 heteroatoms. The monoisotopic (exact) mass is 385 g/mol. The summed E-state index contributed by atoms with van der Waals surface area (Å²) in [4.78, 5) is 17.7. The van der Waals surface area contributed by atoms with Gasteiger partial charge in [-0.25, -0.2) is 0 Å². The molecule has 0 unspecified atom stereocenters. The highest BCUT2D eigenvalue weighted by atomic mass is 16.2. The lowest BCUT2D eigenvalue weighted by Crippen LogP contribution is -2.50. The number of likely N-dealkylation sites (tertiary alicyclic amines) is 2. The highest BCUT2D eigenvalue weighted by Crippen LogP contribution is 2.41. The normalized spacial score (nSPS) is 27.8. The smallest absolute Gasteiger partial charge is 0.224 e. The van der Waals surface area contributed by atoms with Gasteiger partial charge in [0.05, 0.1) is 12.1 Å². The molecule has 0 spiro atoms. The minimum atomic E-state index is 0.212. The second-order valence-corrected chi connectivity index (χ2v) is 9.58. The van der Waals surface area contributed by atoms with Crippen LogP contribution in [-0.4, -0.2) is 63.8 Å². The SMILES string of the molecule is Cn1ncc(CN2CCC(N3CCC[C@H](C(=O)NC4CC4)C3)CC2)c1C1CC1. The fourth-order valence-corrected chi connectivity index (χ4v) is 5.28. The minimum absolute atomic E-state index is 0.212. The van der Waals surface area contributed by atoms with Crippen LogP contribution in [0.1, 0.15) is 68.5 Å². The summed E-state index contributed by atoms with van der Waals surface area (Å²) in [5.41, 5.74) is 2.92. The van der Waals surface area contributed by atoms with Crippen molar-refractivity contribution in [3.8, 4) is 0 Å². The van der Waals surface area contributed by atoms with Gasteiger partial charge in [0.2, 0.25) is 5.91 Å². The third-order valence-electron chi connectivity index (χ3n) is 7.24. The first-order chi connectivity index (χ1) is 13.7. The van der Waals surface area contributed by atoms with Crippen molar-refractivity contribution in [1.82, 2.24) is 24.9 Å². The van der Waals surface area contributed by atoms with Crippen molar-refractivity contribution in [3.05, 3.63) is 17.5 Å². The molecule has 3 heterocycles. The summed E-state index contributed by atoms with van der Waals surface area (Å²) in [6.45, 7) is 5.53. The van der Waals surface area contributed by atoms with Gasteiger partial charge in [0.15, 0.2) is 0 Å². The Bertz CT molecular complexity index is 700. The second-order valence-electron chi connectivity index (χ2n) is 9.58. The Morgan fingerprint density at radius 3 is 2.61 bits per heavy atom. The van der Waals surface area contributed by atoms with Crippen molar-refractivity contribution in [3.63, 3.8) is 0 Å². The number of aromatic nitrogens is 2. The quantitative estimate of drug-likeness (QED) is 0.816. The predicted octanol–water partition coefficient (Wildman–Crippen LogP) is 2.25. The van der Waals surface area contributed by atoms with E-state index in [-0.39, 0.29) is 5.92 Å². The van der Waals surface area contributed by atoms with E-state index in [2.05, 4.69) is 38.1 Å². The van der Waals surface area contributed by atoms with Crippen LogP contribution in [-0.2, 0) is 18.4 Å². The second kappa shape index (κ2) is 7.79.